The van der Waals surface area contributed by atoms with Gasteiger partial charge in [0.1, 0.15) is 0 Å². The summed E-state index contributed by atoms with van der Waals surface area (Å²) in [6.45, 7) is 0.499. The lowest BCUT2D eigenvalue weighted by Gasteiger charge is -2.22. The lowest BCUT2D eigenvalue weighted by Crippen LogP contribution is -2.35. The highest BCUT2D eigenvalue weighted by molar-refractivity contribution is 5.86. The molecular formula is C18H22N2O. The average molecular weight is 282 g/mol. The van der Waals surface area contributed by atoms with Crippen LogP contribution in [0, 0.1) is 0 Å². The summed E-state index contributed by atoms with van der Waals surface area (Å²) in [5, 5.41) is 5.69. The Morgan fingerprint density at radius 1 is 1.14 bits per heavy atom. The topological polar surface area (TPSA) is 42.0 Å². The van der Waals surface area contributed by atoms with E-state index in [1.807, 2.05) is 24.4 Å². The number of Topliss-reactive ketones (excluding diaryl/α,β-unsaturated/α-hetero) is 1. The third-order valence-electron chi connectivity index (χ3n) is 4.30. The van der Waals surface area contributed by atoms with Crippen molar-refractivity contribution in [3.05, 3.63) is 42.2 Å². The fraction of sp³-hybridized carbons (Fsp3) is 0.444. The fourth-order valence-corrected chi connectivity index (χ4v) is 3.10. The number of nitrogens with zero attached hydrogens (tertiary/aromatic N) is 1. The molecule has 3 nitrogen and oxygen atoms in total. The molecule has 1 aliphatic carbocycles. The van der Waals surface area contributed by atoms with Gasteiger partial charge in [0.25, 0.3) is 0 Å². The Bertz CT molecular complexity index is 617. The van der Waals surface area contributed by atoms with E-state index in [4.69, 9.17) is 0 Å². The summed E-state index contributed by atoms with van der Waals surface area (Å²) < 4.78 is 0. The largest absolute Gasteiger partial charge is 0.307 e. The van der Waals surface area contributed by atoms with E-state index in [1.54, 1.807) is 6.20 Å². The van der Waals surface area contributed by atoms with Crippen LogP contribution in [0.4, 0.5) is 0 Å². The summed E-state index contributed by atoms with van der Waals surface area (Å²) >= 11 is 0. The molecule has 110 valence electrons. The lowest BCUT2D eigenvalue weighted by molar-refractivity contribution is -0.117. The second-order valence-corrected chi connectivity index (χ2v) is 5.99. The molecule has 0 radical (unpaired) electrons. The number of carbonyl (C=O) groups excluding carboxylic acids is 1. The van der Waals surface area contributed by atoms with Gasteiger partial charge in [0.15, 0.2) is 5.78 Å². The first-order valence-corrected chi connectivity index (χ1v) is 7.89. The normalized spacial score (nSPS) is 16.2. The van der Waals surface area contributed by atoms with Crippen LogP contribution in [0.5, 0.6) is 0 Å². The van der Waals surface area contributed by atoms with Gasteiger partial charge in [-0.25, -0.2) is 0 Å². The highest BCUT2D eigenvalue weighted by Crippen LogP contribution is 2.17. The average Bonchev–Trinajstić information content (AvgIpc) is 2.54. The second kappa shape index (κ2) is 6.81. The molecule has 1 N–H and O–H groups in total. The van der Waals surface area contributed by atoms with Crippen molar-refractivity contribution in [2.75, 3.05) is 6.54 Å². The van der Waals surface area contributed by atoms with E-state index in [0.29, 0.717) is 19.0 Å². The molecule has 1 aromatic carbocycles. The van der Waals surface area contributed by atoms with Gasteiger partial charge in [0.2, 0.25) is 0 Å². The van der Waals surface area contributed by atoms with Crippen LogP contribution >= 0.6 is 0 Å². The highest BCUT2D eigenvalue weighted by Gasteiger charge is 2.14. The lowest BCUT2D eigenvalue weighted by atomic mass is 9.95. The molecule has 0 aliphatic heterocycles. The summed E-state index contributed by atoms with van der Waals surface area (Å²) in [5.74, 6) is 0.272. The van der Waals surface area contributed by atoms with E-state index >= 15 is 0 Å². The van der Waals surface area contributed by atoms with Gasteiger partial charge in [-0.15, -0.1) is 0 Å². The molecular weight excluding hydrogens is 260 g/mol. The summed E-state index contributed by atoms with van der Waals surface area (Å²) in [5.41, 5.74) is 1.09. The number of pyridine rings is 1. The predicted octanol–water partition coefficient (Wildman–Crippen LogP) is 3.27. The minimum absolute atomic E-state index is 0.272. The van der Waals surface area contributed by atoms with Crippen molar-refractivity contribution in [3.8, 4) is 0 Å². The van der Waals surface area contributed by atoms with Crippen molar-refractivity contribution in [2.45, 2.75) is 44.6 Å². The van der Waals surface area contributed by atoms with Crippen molar-refractivity contribution >= 4 is 16.6 Å². The van der Waals surface area contributed by atoms with Crippen LogP contribution < -0.4 is 5.32 Å². The van der Waals surface area contributed by atoms with Gasteiger partial charge in [0, 0.05) is 30.2 Å². The molecule has 0 unspecified atom stereocenters. The Kier molecular flexibility index (Phi) is 4.61. The first-order chi connectivity index (χ1) is 10.3. The molecule has 1 heterocycles. The van der Waals surface area contributed by atoms with Crippen molar-refractivity contribution in [2.24, 2.45) is 0 Å². The molecule has 0 atom stereocenters. The van der Waals surface area contributed by atoms with Crippen molar-refractivity contribution in [1.82, 2.24) is 10.3 Å². The zero-order valence-corrected chi connectivity index (χ0v) is 12.3. The standard InChI is InChI=1S/C18H22N2O/c21-18(13-20-17-4-2-1-3-5-17)11-14-6-7-16-12-19-9-8-15(16)10-14/h6-10,12,17,20H,1-5,11,13H2. The monoisotopic (exact) mass is 282 g/mol. The first kappa shape index (κ1) is 14.2. The zero-order valence-electron chi connectivity index (χ0n) is 12.3. The van der Waals surface area contributed by atoms with E-state index in [1.165, 1.54) is 32.1 Å². The third-order valence-corrected chi connectivity index (χ3v) is 4.30. The van der Waals surface area contributed by atoms with Gasteiger partial charge in [-0.05, 0) is 29.9 Å². The number of benzene rings is 1. The molecule has 0 bridgehead atoms. The molecule has 3 rings (SSSR count). The SMILES string of the molecule is O=C(CNC1CCCCC1)Cc1ccc2cnccc2c1. The highest BCUT2D eigenvalue weighted by atomic mass is 16.1. The van der Waals surface area contributed by atoms with Crippen LogP contribution in [-0.2, 0) is 11.2 Å². The fourth-order valence-electron chi connectivity index (χ4n) is 3.10. The molecule has 1 saturated carbocycles. The maximum atomic E-state index is 12.1. The molecule has 0 spiro atoms. The van der Waals surface area contributed by atoms with E-state index in [-0.39, 0.29) is 5.78 Å². The molecule has 3 heteroatoms. The maximum absolute atomic E-state index is 12.1. The molecule has 1 fully saturated rings. The third kappa shape index (κ3) is 3.88. The van der Waals surface area contributed by atoms with E-state index in [0.717, 1.165) is 16.3 Å². The molecule has 1 aromatic heterocycles. The van der Waals surface area contributed by atoms with Crippen LogP contribution in [0.3, 0.4) is 0 Å². The van der Waals surface area contributed by atoms with Crippen molar-refractivity contribution in [3.63, 3.8) is 0 Å². The number of fused-ring (bicyclic) bond motifs is 1. The van der Waals surface area contributed by atoms with E-state index < -0.39 is 0 Å². The molecule has 0 amide bonds. The van der Waals surface area contributed by atoms with Crippen LogP contribution in [0.15, 0.2) is 36.7 Å². The quantitative estimate of drug-likeness (QED) is 0.915. The summed E-state index contributed by atoms with van der Waals surface area (Å²) in [7, 11) is 0. The van der Waals surface area contributed by atoms with E-state index in [2.05, 4.69) is 16.4 Å². The van der Waals surface area contributed by atoms with Gasteiger partial charge in [-0.1, -0.05) is 37.5 Å². The molecule has 21 heavy (non-hydrogen) atoms. The Hall–Kier alpha value is -1.74. The van der Waals surface area contributed by atoms with Crippen LogP contribution in [0.2, 0.25) is 0 Å². The van der Waals surface area contributed by atoms with Crippen LogP contribution in [0.1, 0.15) is 37.7 Å². The van der Waals surface area contributed by atoms with Gasteiger partial charge in [-0.2, -0.15) is 0 Å². The Balaban J connectivity index is 1.55. The minimum Gasteiger partial charge on any atom is -0.307 e. The number of aromatic nitrogens is 1. The summed E-state index contributed by atoms with van der Waals surface area (Å²) in [6, 6.07) is 8.70. The summed E-state index contributed by atoms with van der Waals surface area (Å²) in [6.07, 6.45) is 10.5. The van der Waals surface area contributed by atoms with Crippen LogP contribution in [0.25, 0.3) is 10.8 Å². The van der Waals surface area contributed by atoms with E-state index in [9.17, 15) is 4.79 Å². The number of ketones is 1. The smallest absolute Gasteiger partial charge is 0.150 e. The van der Waals surface area contributed by atoms with Gasteiger partial charge < -0.3 is 5.32 Å². The van der Waals surface area contributed by atoms with Crippen molar-refractivity contribution in [1.29, 1.82) is 0 Å². The van der Waals surface area contributed by atoms with Gasteiger partial charge in [0.05, 0.1) is 6.54 Å². The number of hydrogen-bond acceptors (Lipinski definition) is 3. The zero-order chi connectivity index (χ0) is 14.5. The Morgan fingerprint density at radius 2 is 2.00 bits per heavy atom. The predicted molar refractivity (Wildman–Crippen MR) is 85.3 cm³/mol. The maximum Gasteiger partial charge on any atom is 0.150 e. The van der Waals surface area contributed by atoms with Crippen LogP contribution in [-0.4, -0.2) is 23.4 Å². The van der Waals surface area contributed by atoms with Crippen molar-refractivity contribution < 1.29 is 4.79 Å². The number of hydrogen-bond donors (Lipinski definition) is 1. The van der Waals surface area contributed by atoms with Gasteiger partial charge >= 0.3 is 0 Å². The van der Waals surface area contributed by atoms with Gasteiger partial charge in [-0.3, -0.25) is 9.78 Å². The number of carbonyl (C=O) groups is 1. The number of nitrogens with one attached hydrogen (secondary N) is 1. The second-order valence-electron chi connectivity index (χ2n) is 5.99. The molecule has 2 aromatic rings. The first-order valence-electron chi connectivity index (χ1n) is 7.89. The Morgan fingerprint density at radius 3 is 2.86 bits per heavy atom. The molecule has 0 saturated heterocycles. The Labute approximate surface area is 125 Å². The molecule has 1 aliphatic rings. The number of rotatable bonds is 5. The minimum atomic E-state index is 0.272. The summed E-state index contributed by atoms with van der Waals surface area (Å²) in [4.78, 5) is 16.2.